The second-order valence-corrected chi connectivity index (χ2v) is 3.15. The summed E-state index contributed by atoms with van der Waals surface area (Å²) in [7, 11) is 0. The molecule has 1 atom stereocenters. The molecule has 0 radical (unpaired) electrons. The molecule has 0 saturated heterocycles. The van der Waals surface area contributed by atoms with Gasteiger partial charge in [0.1, 0.15) is 0 Å². The molecule has 78 valence electrons. The van der Waals surface area contributed by atoms with E-state index in [1.807, 2.05) is 19.9 Å². The fraction of sp³-hybridized carbons (Fsp3) is 0.500. The predicted molar refractivity (Wildman–Crippen MR) is 58.2 cm³/mol. The van der Waals surface area contributed by atoms with Crippen molar-refractivity contribution in [3.05, 3.63) is 18.5 Å². The van der Waals surface area contributed by atoms with E-state index in [1.165, 1.54) is 0 Å². The summed E-state index contributed by atoms with van der Waals surface area (Å²) in [5.74, 6) is 0. The van der Waals surface area contributed by atoms with Gasteiger partial charge in [0.05, 0.1) is 23.7 Å². The van der Waals surface area contributed by atoms with Crippen LogP contribution in [-0.2, 0) is 4.74 Å². The van der Waals surface area contributed by atoms with Gasteiger partial charge in [-0.1, -0.05) is 0 Å². The van der Waals surface area contributed by atoms with E-state index >= 15 is 0 Å². The molecule has 0 aliphatic heterocycles. The predicted octanol–water partition coefficient (Wildman–Crippen LogP) is 1.50. The average molecular weight is 195 g/mol. The number of pyridine rings is 1. The highest BCUT2D eigenvalue weighted by molar-refractivity contribution is 5.51. The number of anilines is 2. The normalized spacial score (nSPS) is 12.4. The molecule has 14 heavy (non-hydrogen) atoms. The molecule has 1 heterocycles. The Bertz CT molecular complexity index is 278. The number of hydrogen-bond donors (Lipinski definition) is 2. The van der Waals surface area contributed by atoms with Crippen molar-refractivity contribution < 1.29 is 4.74 Å². The second kappa shape index (κ2) is 5.44. The fourth-order valence-corrected chi connectivity index (χ4v) is 1.16. The zero-order chi connectivity index (χ0) is 10.4. The van der Waals surface area contributed by atoms with Gasteiger partial charge in [0.15, 0.2) is 0 Å². The third kappa shape index (κ3) is 3.62. The Kier molecular flexibility index (Phi) is 4.19. The zero-order valence-electron chi connectivity index (χ0n) is 8.66. The van der Waals surface area contributed by atoms with Crippen LogP contribution in [0, 0.1) is 0 Å². The first-order valence-electron chi connectivity index (χ1n) is 4.78. The van der Waals surface area contributed by atoms with Crippen LogP contribution in [0.15, 0.2) is 18.5 Å². The molecular formula is C10H17N3O. The van der Waals surface area contributed by atoms with Gasteiger partial charge in [-0.15, -0.1) is 0 Å². The summed E-state index contributed by atoms with van der Waals surface area (Å²) in [6.07, 6.45) is 3.56. The summed E-state index contributed by atoms with van der Waals surface area (Å²) < 4.78 is 5.38. The minimum absolute atomic E-state index is 0.196. The molecule has 4 heteroatoms. The van der Waals surface area contributed by atoms with Gasteiger partial charge in [-0.25, -0.2) is 0 Å². The number of nitrogens with zero attached hydrogens (tertiary/aromatic N) is 1. The molecule has 1 aromatic rings. The number of hydrogen-bond acceptors (Lipinski definition) is 4. The third-order valence-electron chi connectivity index (χ3n) is 1.80. The van der Waals surface area contributed by atoms with Crippen molar-refractivity contribution >= 4 is 11.4 Å². The van der Waals surface area contributed by atoms with Gasteiger partial charge < -0.3 is 15.8 Å². The van der Waals surface area contributed by atoms with E-state index < -0.39 is 0 Å². The summed E-state index contributed by atoms with van der Waals surface area (Å²) in [6, 6.07) is 1.85. The van der Waals surface area contributed by atoms with Gasteiger partial charge in [-0.3, -0.25) is 4.98 Å². The Morgan fingerprint density at radius 3 is 3.00 bits per heavy atom. The van der Waals surface area contributed by atoms with Gasteiger partial charge >= 0.3 is 0 Å². The highest BCUT2D eigenvalue weighted by Gasteiger charge is 2.00. The molecule has 0 aromatic carbocycles. The van der Waals surface area contributed by atoms with Crippen molar-refractivity contribution in [2.24, 2.45) is 0 Å². The van der Waals surface area contributed by atoms with Crippen LogP contribution in [0.25, 0.3) is 0 Å². The van der Waals surface area contributed by atoms with Crippen LogP contribution in [0.4, 0.5) is 11.4 Å². The number of rotatable bonds is 5. The van der Waals surface area contributed by atoms with E-state index in [0.29, 0.717) is 5.69 Å². The smallest absolute Gasteiger partial charge is 0.0719 e. The number of nitrogens with two attached hydrogens (primary N) is 1. The van der Waals surface area contributed by atoms with Crippen LogP contribution >= 0.6 is 0 Å². The SMILES string of the molecule is CCOC(C)CNc1cncc(N)c1. The van der Waals surface area contributed by atoms with Crippen LogP contribution in [0.1, 0.15) is 13.8 Å². The van der Waals surface area contributed by atoms with Crippen LogP contribution < -0.4 is 11.1 Å². The van der Waals surface area contributed by atoms with Gasteiger partial charge in [-0.05, 0) is 19.9 Å². The molecule has 4 nitrogen and oxygen atoms in total. The van der Waals surface area contributed by atoms with Crippen LogP contribution in [0.5, 0.6) is 0 Å². The Morgan fingerprint density at radius 1 is 1.57 bits per heavy atom. The van der Waals surface area contributed by atoms with E-state index in [1.54, 1.807) is 12.4 Å². The average Bonchev–Trinajstić information content (AvgIpc) is 2.15. The molecule has 0 aliphatic rings. The Labute approximate surface area is 84.5 Å². The first kappa shape index (κ1) is 10.8. The largest absolute Gasteiger partial charge is 0.397 e. The topological polar surface area (TPSA) is 60.2 Å². The maximum atomic E-state index is 5.59. The van der Waals surface area contributed by atoms with Gasteiger partial charge in [0.2, 0.25) is 0 Å². The van der Waals surface area contributed by atoms with E-state index in [0.717, 1.165) is 18.8 Å². The molecule has 3 N–H and O–H groups in total. The van der Waals surface area contributed by atoms with Crippen LogP contribution in [0.2, 0.25) is 0 Å². The number of nitrogens with one attached hydrogen (secondary N) is 1. The summed E-state index contributed by atoms with van der Waals surface area (Å²) in [6.45, 7) is 5.51. The molecule has 0 spiro atoms. The lowest BCUT2D eigenvalue weighted by molar-refractivity contribution is 0.0855. The van der Waals surface area contributed by atoms with Crippen molar-refractivity contribution in [3.8, 4) is 0 Å². The maximum absolute atomic E-state index is 5.59. The monoisotopic (exact) mass is 195 g/mol. The number of ether oxygens (including phenoxy) is 1. The highest BCUT2D eigenvalue weighted by atomic mass is 16.5. The van der Waals surface area contributed by atoms with E-state index in [-0.39, 0.29) is 6.10 Å². The standard InChI is InChI=1S/C10H17N3O/c1-3-14-8(2)5-13-10-4-9(11)6-12-7-10/h4,6-8,13H,3,5,11H2,1-2H3. The van der Waals surface area contributed by atoms with Crippen molar-refractivity contribution in [1.29, 1.82) is 0 Å². The van der Waals surface area contributed by atoms with Gasteiger partial charge in [-0.2, -0.15) is 0 Å². The molecule has 1 aromatic heterocycles. The highest BCUT2D eigenvalue weighted by Crippen LogP contribution is 2.09. The molecule has 0 bridgehead atoms. The van der Waals surface area contributed by atoms with E-state index in [4.69, 9.17) is 10.5 Å². The van der Waals surface area contributed by atoms with Crippen molar-refractivity contribution in [3.63, 3.8) is 0 Å². The van der Waals surface area contributed by atoms with E-state index in [2.05, 4.69) is 10.3 Å². The molecule has 0 aliphatic carbocycles. The Balaban J connectivity index is 2.37. The molecule has 0 fully saturated rings. The van der Waals surface area contributed by atoms with Crippen LogP contribution in [-0.4, -0.2) is 24.2 Å². The summed E-state index contributed by atoms with van der Waals surface area (Å²) in [4.78, 5) is 3.98. The van der Waals surface area contributed by atoms with Crippen molar-refractivity contribution in [2.45, 2.75) is 20.0 Å². The summed E-state index contributed by atoms with van der Waals surface area (Å²) in [5.41, 5.74) is 7.18. The minimum Gasteiger partial charge on any atom is -0.397 e. The second-order valence-electron chi connectivity index (χ2n) is 3.15. The number of aromatic nitrogens is 1. The van der Waals surface area contributed by atoms with Crippen molar-refractivity contribution in [1.82, 2.24) is 4.98 Å². The Hall–Kier alpha value is -1.29. The summed E-state index contributed by atoms with van der Waals surface area (Å²) >= 11 is 0. The minimum atomic E-state index is 0.196. The molecule has 0 amide bonds. The summed E-state index contributed by atoms with van der Waals surface area (Å²) in [5, 5.41) is 3.20. The first-order chi connectivity index (χ1) is 6.72. The number of nitrogen functional groups attached to an aromatic ring is 1. The molecule has 0 saturated carbocycles. The van der Waals surface area contributed by atoms with Crippen molar-refractivity contribution in [2.75, 3.05) is 24.2 Å². The third-order valence-corrected chi connectivity index (χ3v) is 1.80. The van der Waals surface area contributed by atoms with Gasteiger partial charge in [0, 0.05) is 19.3 Å². The molecule has 1 unspecified atom stereocenters. The Morgan fingerprint density at radius 2 is 2.36 bits per heavy atom. The molecular weight excluding hydrogens is 178 g/mol. The van der Waals surface area contributed by atoms with E-state index in [9.17, 15) is 0 Å². The lowest BCUT2D eigenvalue weighted by Crippen LogP contribution is -2.19. The maximum Gasteiger partial charge on any atom is 0.0719 e. The lowest BCUT2D eigenvalue weighted by Gasteiger charge is -2.13. The molecule has 1 rings (SSSR count). The first-order valence-corrected chi connectivity index (χ1v) is 4.78. The van der Waals surface area contributed by atoms with Gasteiger partial charge in [0.25, 0.3) is 0 Å². The quantitative estimate of drug-likeness (QED) is 0.747. The van der Waals surface area contributed by atoms with Crippen LogP contribution in [0.3, 0.4) is 0 Å². The lowest BCUT2D eigenvalue weighted by atomic mass is 10.3. The zero-order valence-corrected chi connectivity index (χ0v) is 8.66. The fourth-order valence-electron chi connectivity index (χ4n) is 1.16.